The van der Waals surface area contributed by atoms with Crippen molar-refractivity contribution < 1.29 is 39.6 Å². The van der Waals surface area contributed by atoms with Gasteiger partial charge in [0, 0.05) is 11.1 Å². The van der Waals surface area contributed by atoms with Gasteiger partial charge >= 0.3 is 11.9 Å². The van der Waals surface area contributed by atoms with Crippen molar-refractivity contribution in [2.45, 2.75) is 0 Å². The van der Waals surface area contributed by atoms with E-state index in [1.165, 1.54) is 42.4 Å². The lowest BCUT2D eigenvalue weighted by atomic mass is 9.98. The van der Waals surface area contributed by atoms with E-state index in [9.17, 15) is 29.4 Å². The van der Waals surface area contributed by atoms with Crippen LogP contribution in [-0.2, 0) is 0 Å². The van der Waals surface area contributed by atoms with E-state index >= 15 is 0 Å². The summed E-state index contributed by atoms with van der Waals surface area (Å²) >= 11 is 0. The minimum Gasteiger partial charge on any atom is -0.545 e. The lowest BCUT2D eigenvalue weighted by Gasteiger charge is -2.27. The van der Waals surface area contributed by atoms with Crippen LogP contribution >= 0.6 is 14.5 Å². The van der Waals surface area contributed by atoms with Crippen LogP contribution in [0.4, 0.5) is 0 Å². The summed E-state index contributed by atoms with van der Waals surface area (Å²) in [6, 6.07) is 88.5. The maximum Gasteiger partial charge on any atom is 0.336 e. The summed E-state index contributed by atoms with van der Waals surface area (Å²) in [7, 11) is -3.81. The summed E-state index contributed by atoms with van der Waals surface area (Å²) in [6.07, 6.45) is 0. The number of carboxylic acids is 4. The first-order chi connectivity index (χ1) is 33.1. The fraction of sp³-hybridized carbons (Fsp3) is 0. The van der Waals surface area contributed by atoms with Crippen molar-refractivity contribution >= 4 is 80.8 Å². The molecule has 0 heterocycles. The van der Waals surface area contributed by atoms with Crippen LogP contribution in [0.5, 0.6) is 0 Å². The Morgan fingerprint density at radius 3 is 0.544 bits per heavy atom. The van der Waals surface area contributed by atoms with Gasteiger partial charge < -0.3 is 30.0 Å². The van der Waals surface area contributed by atoms with Gasteiger partial charge in [-0.2, -0.15) is 0 Å². The number of benzene rings is 9. The second-order valence-corrected chi connectivity index (χ2v) is 22.0. The minimum atomic E-state index is -1.94. The first-order valence-corrected chi connectivity index (χ1v) is 25.0. The molecule has 0 aromatic heterocycles. The highest BCUT2D eigenvalue weighted by Gasteiger charge is 2.48. The Hall–Kier alpha value is -8.28. The van der Waals surface area contributed by atoms with Crippen LogP contribution in [0.3, 0.4) is 0 Å². The Kier molecular flexibility index (Phi) is 15.6. The summed E-state index contributed by atoms with van der Waals surface area (Å²) in [6.45, 7) is 0. The van der Waals surface area contributed by atoms with Crippen LogP contribution in [0.25, 0.3) is 0 Å². The highest BCUT2D eigenvalue weighted by molar-refractivity contribution is 8.02. The van der Waals surface area contributed by atoms with E-state index in [2.05, 4.69) is 243 Å². The molecule has 0 fully saturated rings. The molecule has 0 saturated heterocycles. The highest BCUT2D eigenvalue weighted by Crippen LogP contribution is 2.55. The smallest absolute Gasteiger partial charge is 0.336 e. The summed E-state index contributed by atoms with van der Waals surface area (Å²) in [4.78, 5) is 42.8. The quantitative estimate of drug-likeness (QED) is 0.133. The molecule has 0 bridgehead atoms. The van der Waals surface area contributed by atoms with E-state index in [0.29, 0.717) is 12.1 Å². The molecule has 9 rings (SSSR count). The monoisotopic (exact) mass is 930 g/mol. The minimum absolute atomic E-state index is 0.386. The van der Waals surface area contributed by atoms with Crippen molar-refractivity contribution in [3.8, 4) is 0 Å². The first kappa shape index (κ1) is 47.7. The molecule has 0 atom stereocenters. The van der Waals surface area contributed by atoms with Crippen LogP contribution in [-0.4, -0.2) is 34.1 Å². The van der Waals surface area contributed by atoms with Gasteiger partial charge in [0.05, 0.1) is 23.1 Å². The van der Waals surface area contributed by atoms with E-state index < -0.39 is 60.7 Å². The molecular formula is C58H44O8P2. The van der Waals surface area contributed by atoms with E-state index in [-0.39, 0.29) is 0 Å². The van der Waals surface area contributed by atoms with Crippen molar-refractivity contribution in [2.24, 2.45) is 0 Å². The molecule has 10 heteroatoms. The molecule has 68 heavy (non-hydrogen) atoms. The SMILES string of the molecule is O=C([O-])c1cc(C(=O)[O-])c(C(=O)O)cc1C(=O)O.c1ccc([P+](c2ccccc2)(c2ccccc2)c2ccccc2)cc1.c1ccc([P+](c2ccccc2)(c2ccccc2)c2ccccc2)cc1. The van der Waals surface area contributed by atoms with E-state index in [1.807, 2.05) is 0 Å². The molecule has 0 amide bonds. The van der Waals surface area contributed by atoms with Crippen LogP contribution < -0.4 is 52.6 Å². The van der Waals surface area contributed by atoms with Crippen LogP contribution in [0.15, 0.2) is 255 Å². The van der Waals surface area contributed by atoms with E-state index in [0.717, 1.165) is 0 Å². The first-order valence-electron chi connectivity index (χ1n) is 21.4. The van der Waals surface area contributed by atoms with Gasteiger partial charge in [0.15, 0.2) is 0 Å². The predicted octanol–water partition coefficient (Wildman–Crippen LogP) is 6.42. The summed E-state index contributed by atoms with van der Waals surface area (Å²) in [5.74, 6) is -7.32. The number of aromatic carboxylic acids is 4. The molecule has 0 saturated carbocycles. The molecule has 334 valence electrons. The Morgan fingerprint density at radius 1 is 0.265 bits per heavy atom. The molecule has 0 spiro atoms. The largest absolute Gasteiger partial charge is 0.545 e. The summed E-state index contributed by atoms with van der Waals surface area (Å²) < 4.78 is 0. The zero-order valence-electron chi connectivity index (χ0n) is 36.5. The lowest BCUT2D eigenvalue weighted by Crippen LogP contribution is -2.38. The number of carbonyl (C=O) groups excluding carboxylic acids is 2. The topological polar surface area (TPSA) is 155 Å². The van der Waals surface area contributed by atoms with Gasteiger partial charge in [-0.1, -0.05) is 146 Å². The van der Waals surface area contributed by atoms with Crippen LogP contribution in [0.1, 0.15) is 41.4 Å². The van der Waals surface area contributed by atoms with E-state index in [4.69, 9.17) is 10.2 Å². The maximum atomic E-state index is 10.7. The van der Waals surface area contributed by atoms with Gasteiger partial charge in [-0.15, -0.1) is 0 Å². The Bertz CT molecular complexity index is 2500. The van der Waals surface area contributed by atoms with Gasteiger partial charge in [0.2, 0.25) is 0 Å². The number of hydrogen-bond donors (Lipinski definition) is 2. The molecule has 0 radical (unpaired) electrons. The number of hydrogen-bond acceptors (Lipinski definition) is 6. The summed E-state index contributed by atoms with van der Waals surface area (Å²) in [5.41, 5.74) is -3.63. The number of carboxylic acid groups (broad SMARTS) is 4. The normalized spacial score (nSPS) is 10.8. The third kappa shape index (κ3) is 10.1. The maximum absolute atomic E-state index is 10.7. The van der Waals surface area contributed by atoms with Gasteiger partial charge in [-0.05, 0) is 109 Å². The molecule has 0 aliphatic carbocycles. The zero-order chi connectivity index (χ0) is 47.9. The zero-order valence-corrected chi connectivity index (χ0v) is 38.3. The predicted molar refractivity (Wildman–Crippen MR) is 271 cm³/mol. The Labute approximate surface area is 395 Å². The van der Waals surface area contributed by atoms with Gasteiger partial charge in [-0.25, -0.2) is 9.59 Å². The molecule has 9 aromatic rings. The van der Waals surface area contributed by atoms with Crippen molar-refractivity contribution in [1.29, 1.82) is 0 Å². The van der Waals surface area contributed by atoms with Gasteiger partial charge in [-0.3, -0.25) is 0 Å². The fourth-order valence-electron chi connectivity index (χ4n) is 8.29. The fourth-order valence-corrected chi connectivity index (χ4v) is 16.8. The Balaban J connectivity index is 0.000000154. The average Bonchev–Trinajstić information content (AvgIpc) is 3.39. The van der Waals surface area contributed by atoms with Crippen molar-refractivity contribution in [1.82, 2.24) is 0 Å². The standard InChI is InChI=1S/2C24H20P.C10H6O8/c2*1-5-13-21(14-6-1)25(22-15-7-2-8-16-22,23-17-9-3-10-18-23)24-19-11-4-12-20-24;11-7(12)3-1-4(8(13)14)6(10(17)18)2-5(3)9(15)16/h2*1-20H;1-2H,(H,11,12)(H,13,14)(H,15,16)(H,17,18)/q2*+1;/p-2. The van der Waals surface area contributed by atoms with Crippen molar-refractivity contribution in [3.63, 3.8) is 0 Å². The molecule has 9 aromatic carbocycles. The third-order valence-corrected chi connectivity index (χ3v) is 19.8. The van der Waals surface area contributed by atoms with Crippen LogP contribution in [0.2, 0.25) is 0 Å². The van der Waals surface area contributed by atoms with Gasteiger partial charge in [0.1, 0.15) is 57.0 Å². The molecule has 8 nitrogen and oxygen atoms in total. The second-order valence-electron chi connectivity index (χ2n) is 15.2. The van der Waals surface area contributed by atoms with Crippen molar-refractivity contribution in [2.75, 3.05) is 0 Å². The molecule has 0 aliphatic rings. The molecular weight excluding hydrogens is 887 g/mol. The summed E-state index contributed by atoms with van der Waals surface area (Å²) in [5, 5.41) is 49.8. The highest BCUT2D eigenvalue weighted by atomic mass is 31.2. The number of rotatable bonds is 12. The average molecular weight is 931 g/mol. The third-order valence-electron chi connectivity index (χ3n) is 11.2. The van der Waals surface area contributed by atoms with E-state index in [1.54, 1.807) is 0 Å². The molecule has 0 aliphatic heterocycles. The Morgan fingerprint density at radius 2 is 0.412 bits per heavy atom. The molecule has 0 unspecified atom stereocenters. The van der Waals surface area contributed by atoms with Crippen molar-refractivity contribution in [3.05, 3.63) is 277 Å². The lowest BCUT2D eigenvalue weighted by molar-refractivity contribution is -0.255. The van der Waals surface area contributed by atoms with Crippen LogP contribution in [0, 0.1) is 0 Å². The molecule has 2 N–H and O–H groups in total. The number of carbonyl (C=O) groups is 4. The van der Waals surface area contributed by atoms with Gasteiger partial charge in [0.25, 0.3) is 0 Å². The second kappa shape index (κ2) is 22.3.